The maximum absolute atomic E-state index is 14.3. The second-order valence-corrected chi connectivity index (χ2v) is 12.3. The Bertz CT molecular complexity index is 1200. The van der Waals surface area contributed by atoms with Gasteiger partial charge >= 0.3 is 6.09 Å². The van der Waals surface area contributed by atoms with E-state index in [2.05, 4.69) is 43.7 Å². The van der Waals surface area contributed by atoms with Crippen LogP contribution in [-0.4, -0.2) is 46.2 Å². The standard InChI is InChI=1S/C33H47N3O4S/c1-10-25-15-12-16-26(19-25)29(30(37)35-28-22(4)13-11-14-23(28)5)36(24(6)18-17-21(2)3)31(38)27(20-41)34-32(39)40-33(7,8)9/h10-16,19,21,24,27,29,41H,1,17-18,20H2,2-9H3,(H,34,39)(H,35,37). The van der Waals surface area contributed by atoms with Gasteiger partial charge in [-0.2, -0.15) is 12.6 Å². The number of rotatable bonds is 12. The van der Waals surface area contributed by atoms with Gasteiger partial charge in [0.15, 0.2) is 0 Å². The Labute approximate surface area is 251 Å². The molecule has 0 aliphatic heterocycles. The summed E-state index contributed by atoms with van der Waals surface area (Å²) < 4.78 is 5.42. The highest BCUT2D eigenvalue weighted by atomic mass is 32.1. The topological polar surface area (TPSA) is 87.7 Å². The molecule has 2 N–H and O–H groups in total. The summed E-state index contributed by atoms with van der Waals surface area (Å²) in [5.74, 6) is -0.319. The maximum atomic E-state index is 14.3. The monoisotopic (exact) mass is 581 g/mol. The van der Waals surface area contributed by atoms with Gasteiger partial charge in [-0.05, 0) is 88.6 Å². The van der Waals surface area contributed by atoms with Crippen molar-refractivity contribution in [2.24, 2.45) is 5.92 Å². The molecule has 0 aromatic heterocycles. The van der Waals surface area contributed by atoms with E-state index in [1.54, 1.807) is 31.7 Å². The van der Waals surface area contributed by atoms with E-state index in [0.29, 0.717) is 23.6 Å². The predicted molar refractivity (Wildman–Crippen MR) is 171 cm³/mol. The molecule has 2 aromatic rings. The highest BCUT2D eigenvalue weighted by Crippen LogP contribution is 2.31. The van der Waals surface area contributed by atoms with Crippen LogP contribution in [0.5, 0.6) is 0 Å². The van der Waals surface area contributed by atoms with Crippen LogP contribution in [0.2, 0.25) is 0 Å². The van der Waals surface area contributed by atoms with Crippen LogP contribution in [0.3, 0.4) is 0 Å². The van der Waals surface area contributed by atoms with Gasteiger partial charge in [-0.15, -0.1) is 0 Å². The average Bonchev–Trinajstić information content (AvgIpc) is 2.89. The molecule has 3 unspecified atom stereocenters. The molecule has 0 heterocycles. The van der Waals surface area contributed by atoms with Crippen molar-refractivity contribution < 1.29 is 19.1 Å². The molecular weight excluding hydrogens is 534 g/mol. The van der Waals surface area contributed by atoms with Gasteiger partial charge in [0, 0.05) is 17.5 Å². The van der Waals surface area contributed by atoms with Gasteiger partial charge in [0.25, 0.3) is 5.91 Å². The van der Waals surface area contributed by atoms with E-state index in [1.807, 2.05) is 63.2 Å². The van der Waals surface area contributed by atoms with E-state index in [0.717, 1.165) is 23.1 Å². The molecule has 0 aliphatic rings. The third-order valence-corrected chi connectivity index (χ3v) is 7.15. The molecule has 7 nitrogen and oxygen atoms in total. The first-order valence-corrected chi connectivity index (χ1v) is 14.8. The Kier molecular flexibility index (Phi) is 12.5. The molecule has 0 fully saturated rings. The molecular formula is C33H47N3O4S. The molecule has 3 atom stereocenters. The maximum Gasteiger partial charge on any atom is 0.408 e. The predicted octanol–water partition coefficient (Wildman–Crippen LogP) is 7.10. The molecule has 0 saturated heterocycles. The smallest absolute Gasteiger partial charge is 0.408 e. The number of nitrogens with zero attached hydrogens (tertiary/aromatic N) is 1. The van der Waals surface area contributed by atoms with Crippen LogP contribution in [0.4, 0.5) is 10.5 Å². The summed E-state index contributed by atoms with van der Waals surface area (Å²) in [6.07, 6.45) is 2.51. The van der Waals surface area contributed by atoms with E-state index >= 15 is 0 Å². The number of para-hydroxylation sites is 1. The first-order chi connectivity index (χ1) is 19.2. The number of amides is 3. The summed E-state index contributed by atoms with van der Waals surface area (Å²) in [6.45, 7) is 19.2. The van der Waals surface area contributed by atoms with Crippen molar-refractivity contribution in [3.8, 4) is 0 Å². The third kappa shape index (κ3) is 9.95. The minimum atomic E-state index is -1.01. The fourth-order valence-corrected chi connectivity index (χ4v) is 4.87. The number of carbonyl (C=O) groups is 3. The minimum absolute atomic E-state index is 0.0312. The number of hydrogen-bond donors (Lipinski definition) is 3. The second kappa shape index (κ2) is 15.1. The molecule has 0 radical (unpaired) electrons. The zero-order valence-corrected chi connectivity index (χ0v) is 26.7. The number of ether oxygens (including phenoxy) is 1. The third-order valence-electron chi connectivity index (χ3n) is 6.78. The molecule has 0 aliphatic carbocycles. The lowest BCUT2D eigenvalue weighted by Gasteiger charge is -2.38. The molecule has 0 spiro atoms. The lowest BCUT2D eigenvalue weighted by molar-refractivity contribution is -0.143. The van der Waals surface area contributed by atoms with Crippen molar-refractivity contribution in [1.29, 1.82) is 0 Å². The van der Waals surface area contributed by atoms with Crippen LogP contribution in [0.15, 0.2) is 49.0 Å². The van der Waals surface area contributed by atoms with Gasteiger partial charge < -0.3 is 20.3 Å². The van der Waals surface area contributed by atoms with E-state index < -0.39 is 29.7 Å². The van der Waals surface area contributed by atoms with Gasteiger partial charge in [0.2, 0.25) is 5.91 Å². The van der Waals surface area contributed by atoms with Crippen molar-refractivity contribution >= 4 is 42.3 Å². The van der Waals surface area contributed by atoms with Gasteiger partial charge in [-0.25, -0.2) is 4.79 Å². The minimum Gasteiger partial charge on any atom is -0.444 e. The van der Waals surface area contributed by atoms with Crippen molar-refractivity contribution in [1.82, 2.24) is 10.2 Å². The fraction of sp³-hybridized carbons (Fsp3) is 0.485. The summed E-state index contributed by atoms with van der Waals surface area (Å²) in [5, 5.41) is 5.79. The normalized spacial score (nSPS) is 13.6. The van der Waals surface area contributed by atoms with E-state index in [1.165, 1.54) is 0 Å². The Balaban J connectivity index is 2.65. The first kappa shape index (κ1) is 33.9. The summed E-state index contributed by atoms with van der Waals surface area (Å²) in [4.78, 5) is 42.9. The second-order valence-electron chi connectivity index (χ2n) is 12.0. The number of nitrogens with one attached hydrogen (secondary N) is 2. The zero-order valence-electron chi connectivity index (χ0n) is 25.8. The van der Waals surface area contributed by atoms with Crippen molar-refractivity contribution in [3.05, 3.63) is 71.3 Å². The van der Waals surface area contributed by atoms with Crippen LogP contribution >= 0.6 is 12.6 Å². The van der Waals surface area contributed by atoms with Crippen molar-refractivity contribution in [2.75, 3.05) is 11.1 Å². The molecule has 224 valence electrons. The number of hydrogen-bond acceptors (Lipinski definition) is 5. The van der Waals surface area contributed by atoms with Crippen LogP contribution in [0.1, 0.15) is 82.7 Å². The quantitative estimate of drug-likeness (QED) is 0.233. The molecule has 8 heteroatoms. The number of carbonyl (C=O) groups excluding carboxylic acids is 3. The van der Waals surface area contributed by atoms with Crippen molar-refractivity contribution in [3.63, 3.8) is 0 Å². The number of aryl methyl sites for hydroxylation is 2. The summed E-state index contributed by atoms with van der Waals surface area (Å²) >= 11 is 4.40. The van der Waals surface area contributed by atoms with Gasteiger partial charge in [0.05, 0.1) is 0 Å². The number of thiol groups is 1. The Morgan fingerprint density at radius 3 is 2.17 bits per heavy atom. The largest absolute Gasteiger partial charge is 0.444 e. The summed E-state index contributed by atoms with van der Waals surface area (Å²) in [7, 11) is 0. The first-order valence-electron chi connectivity index (χ1n) is 14.2. The van der Waals surface area contributed by atoms with Crippen molar-refractivity contribution in [2.45, 2.75) is 92.0 Å². The summed E-state index contributed by atoms with van der Waals surface area (Å²) in [5.41, 5.74) is 3.28. The molecule has 2 aromatic carbocycles. The molecule has 0 saturated carbocycles. The van der Waals surface area contributed by atoms with Crippen LogP contribution in [-0.2, 0) is 14.3 Å². The molecule has 0 bridgehead atoms. The van der Waals surface area contributed by atoms with Crippen LogP contribution in [0, 0.1) is 19.8 Å². The Hall–Kier alpha value is -3.26. The van der Waals surface area contributed by atoms with Crippen LogP contribution < -0.4 is 10.6 Å². The number of alkyl carbamates (subject to hydrolysis) is 1. The van der Waals surface area contributed by atoms with Crippen LogP contribution in [0.25, 0.3) is 6.08 Å². The zero-order chi connectivity index (χ0) is 30.9. The van der Waals surface area contributed by atoms with E-state index in [9.17, 15) is 14.4 Å². The number of anilines is 1. The molecule has 2 rings (SSSR count). The molecule has 3 amide bonds. The SMILES string of the molecule is C=Cc1cccc(C(C(=O)Nc2c(C)cccc2C)N(C(=O)C(CS)NC(=O)OC(C)(C)C)C(C)CCC(C)C)c1. The average molecular weight is 582 g/mol. The Morgan fingerprint density at radius 1 is 1.02 bits per heavy atom. The lowest BCUT2D eigenvalue weighted by atomic mass is 9.96. The van der Waals surface area contributed by atoms with E-state index in [4.69, 9.17) is 4.74 Å². The highest BCUT2D eigenvalue weighted by Gasteiger charge is 2.39. The Morgan fingerprint density at radius 2 is 1.63 bits per heavy atom. The summed E-state index contributed by atoms with van der Waals surface area (Å²) in [6, 6.07) is 11.0. The fourth-order valence-electron chi connectivity index (χ4n) is 4.63. The highest BCUT2D eigenvalue weighted by molar-refractivity contribution is 7.80. The number of benzene rings is 2. The van der Waals surface area contributed by atoms with Gasteiger partial charge in [-0.1, -0.05) is 62.9 Å². The van der Waals surface area contributed by atoms with Gasteiger partial charge in [-0.3, -0.25) is 9.59 Å². The van der Waals surface area contributed by atoms with E-state index in [-0.39, 0.29) is 17.7 Å². The van der Waals surface area contributed by atoms with Gasteiger partial charge in [0.1, 0.15) is 17.7 Å². The molecule has 41 heavy (non-hydrogen) atoms. The lowest BCUT2D eigenvalue weighted by Crippen LogP contribution is -2.55.